The number of rotatable bonds is 4. The number of aryl methyl sites for hydroxylation is 1. The number of aliphatic hydroxyl groups is 1. The molecule has 2 unspecified atom stereocenters. The Kier molecular flexibility index (Phi) is 5.01. The SMILES string of the molecule is CCN1CCCc2ccc(C(O)C(C)N3CCNCC3)cc21. The predicted molar refractivity (Wildman–Crippen MR) is 91.5 cm³/mol. The van der Waals surface area contributed by atoms with Crippen molar-refractivity contribution in [2.45, 2.75) is 38.8 Å². The lowest BCUT2D eigenvalue weighted by atomic mass is 9.95. The van der Waals surface area contributed by atoms with Gasteiger partial charge in [-0.15, -0.1) is 0 Å². The third-order valence-corrected chi connectivity index (χ3v) is 5.23. The summed E-state index contributed by atoms with van der Waals surface area (Å²) in [5.41, 5.74) is 3.82. The van der Waals surface area contributed by atoms with Gasteiger partial charge in [0, 0.05) is 51.0 Å². The maximum atomic E-state index is 10.8. The van der Waals surface area contributed by atoms with Gasteiger partial charge in [-0.3, -0.25) is 4.90 Å². The first-order valence-corrected chi connectivity index (χ1v) is 8.71. The Hall–Kier alpha value is -1.10. The molecule has 1 aromatic rings. The largest absolute Gasteiger partial charge is 0.387 e. The highest BCUT2D eigenvalue weighted by atomic mass is 16.3. The quantitative estimate of drug-likeness (QED) is 0.889. The number of aliphatic hydroxyl groups excluding tert-OH is 1. The molecule has 0 aromatic heterocycles. The van der Waals surface area contributed by atoms with E-state index in [1.54, 1.807) is 0 Å². The lowest BCUT2D eigenvalue weighted by molar-refractivity contribution is 0.0510. The molecule has 1 aromatic carbocycles. The van der Waals surface area contributed by atoms with Crippen LogP contribution in [0.25, 0.3) is 0 Å². The van der Waals surface area contributed by atoms with Crippen LogP contribution in [0.15, 0.2) is 18.2 Å². The van der Waals surface area contributed by atoms with Gasteiger partial charge in [0.05, 0.1) is 6.10 Å². The molecule has 2 atom stereocenters. The van der Waals surface area contributed by atoms with E-state index in [1.165, 1.54) is 17.7 Å². The van der Waals surface area contributed by atoms with Gasteiger partial charge >= 0.3 is 0 Å². The summed E-state index contributed by atoms with van der Waals surface area (Å²) in [4.78, 5) is 4.82. The third kappa shape index (κ3) is 3.14. The van der Waals surface area contributed by atoms with Crippen LogP contribution in [0.1, 0.15) is 37.5 Å². The fourth-order valence-corrected chi connectivity index (χ4v) is 3.75. The molecule has 1 fully saturated rings. The number of benzene rings is 1. The number of piperazine rings is 1. The van der Waals surface area contributed by atoms with Crippen LogP contribution in [-0.2, 0) is 6.42 Å². The van der Waals surface area contributed by atoms with Crippen molar-refractivity contribution in [3.8, 4) is 0 Å². The molecule has 22 heavy (non-hydrogen) atoms. The van der Waals surface area contributed by atoms with Gasteiger partial charge in [-0.25, -0.2) is 0 Å². The van der Waals surface area contributed by atoms with E-state index < -0.39 is 6.10 Å². The highest BCUT2D eigenvalue weighted by Crippen LogP contribution is 2.31. The highest BCUT2D eigenvalue weighted by molar-refractivity contribution is 5.57. The average Bonchev–Trinajstić information content (AvgIpc) is 2.60. The molecule has 4 nitrogen and oxygen atoms in total. The Morgan fingerprint density at radius 3 is 2.73 bits per heavy atom. The van der Waals surface area contributed by atoms with Crippen molar-refractivity contribution in [2.24, 2.45) is 0 Å². The fraction of sp³-hybridized carbons (Fsp3) is 0.667. The summed E-state index contributed by atoms with van der Waals surface area (Å²) in [6.45, 7) is 10.6. The van der Waals surface area contributed by atoms with Crippen molar-refractivity contribution in [1.82, 2.24) is 10.2 Å². The molecule has 2 heterocycles. The second-order valence-corrected chi connectivity index (χ2v) is 6.54. The van der Waals surface area contributed by atoms with Crippen LogP contribution < -0.4 is 10.2 Å². The molecule has 2 aliphatic heterocycles. The van der Waals surface area contributed by atoms with Crippen molar-refractivity contribution < 1.29 is 5.11 Å². The smallest absolute Gasteiger partial charge is 0.0943 e. The zero-order valence-electron chi connectivity index (χ0n) is 13.9. The molecular formula is C18H29N3O. The Morgan fingerprint density at radius 1 is 1.23 bits per heavy atom. The third-order valence-electron chi connectivity index (χ3n) is 5.23. The molecule has 2 aliphatic rings. The summed E-state index contributed by atoms with van der Waals surface area (Å²) in [5, 5.41) is 14.2. The monoisotopic (exact) mass is 303 g/mol. The normalized spacial score (nSPS) is 22.2. The van der Waals surface area contributed by atoms with Gasteiger partial charge in [0.15, 0.2) is 0 Å². The first-order chi connectivity index (χ1) is 10.7. The molecule has 0 bridgehead atoms. The van der Waals surface area contributed by atoms with Crippen LogP contribution in [0.2, 0.25) is 0 Å². The number of nitrogens with zero attached hydrogens (tertiary/aromatic N) is 2. The Balaban J connectivity index is 1.78. The van der Waals surface area contributed by atoms with E-state index in [4.69, 9.17) is 0 Å². The van der Waals surface area contributed by atoms with Gasteiger partial charge in [-0.05, 0) is 43.9 Å². The minimum absolute atomic E-state index is 0.166. The van der Waals surface area contributed by atoms with E-state index >= 15 is 0 Å². The molecule has 2 N–H and O–H groups in total. The standard InChI is InChI=1S/C18H29N3O/c1-3-20-10-4-5-15-6-7-16(13-17(15)20)18(22)14(2)21-11-8-19-9-12-21/h6-7,13-14,18-19,22H,3-5,8-12H2,1-2H3. The van der Waals surface area contributed by atoms with Crippen LogP contribution in [0.3, 0.4) is 0 Å². The molecule has 0 amide bonds. The van der Waals surface area contributed by atoms with Gasteiger partial charge in [-0.2, -0.15) is 0 Å². The summed E-state index contributed by atoms with van der Waals surface area (Å²) < 4.78 is 0. The van der Waals surface area contributed by atoms with E-state index in [2.05, 4.69) is 47.2 Å². The summed E-state index contributed by atoms with van der Waals surface area (Å²) in [5.74, 6) is 0. The van der Waals surface area contributed by atoms with Crippen LogP contribution >= 0.6 is 0 Å². The second kappa shape index (κ2) is 6.99. The number of anilines is 1. The minimum atomic E-state index is -0.413. The topological polar surface area (TPSA) is 38.7 Å². The zero-order chi connectivity index (χ0) is 15.5. The molecule has 0 saturated carbocycles. The Labute approximate surface area is 134 Å². The molecule has 0 aliphatic carbocycles. The molecule has 1 saturated heterocycles. The first kappa shape index (κ1) is 15.8. The van der Waals surface area contributed by atoms with Crippen molar-refractivity contribution >= 4 is 5.69 Å². The summed E-state index contributed by atoms with van der Waals surface area (Å²) >= 11 is 0. The Bertz CT molecular complexity index is 499. The average molecular weight is 303 g/mol. The highest BCUT2D eigenvalue weighted by Gasteiger charge is 2.25. The van der Waals surface area contributed by atoms with E-state index in [1.807, 2.05) is 0 Å². The van der Waals surface area contributed by atoms with Gasteiger partial charge in [0.2, 0.25) is 0 Å². The number of nitrogens with one attached hydrogen (secondary N) is 1. The van der Waals surface area contributed by atoms with Crippen LogP contribution in [-0.4, -0.2) is 55.3 Å². The maximum absolute atomic E-state index is 10.8. The maximum Gasteiger partial charge on any atom is 0.0943 e. The van der Waals surface area contributed by atoms with Crippen molar-refractivity contribution in [1.29, 1.82) is 0 Å². The van der Waals surface area contributed by atoms with Gasteiger partial charge in [0.25, 0.3) is 0 Å². The van der Waals surface area contributed by atoms with E-state index in [9.17, 15) is 5.11 Å². The van der Waals surface area contributed by atoms with Crippen LogP contribution in [0, 0.1) is 0 Å². The molecule has 122 valence electrons. The van der Waals surface area contributed by atoms with Crippen molar-refractivity contribution in [2.75, 3.05) is 44.2 Å². The van der Waals surface area contributed by atoms with Crippen molar-refractivity contribution in [3.05, 3.63) is 29.3 Å². The summed E-state index contributed by atoms with van der Waals surface area (Å²) in [7, 11) is 0. The first-order valence-electron chi connectivity index (χ1n) is 8.71. The second-order valence-electron chi connectivity index (χ2n) is 6.54. The van der Waals surface area contributed by atoms with Crippen LogP contribution in [0.4, 0.5) is 5.69 Å². The van der Waals surface area contributed by atoms with Gasteiger partial charge in [-0.1, -0.05) is 12.1 Å². The summed E-state index contributed by atoms with van der Waals surface area (Å²) in [6, 6.07) is 6.74. The van der Waals surface area contributed by atoms with E-state index in [-0.39, 0.29) is 6.04 Å². The number of hydrogen-bond acceptors (Lipinski definition) is 4. The van der Waals surface area contributed by atoms with E-state index in [0.717, 1.165) is 51.3 Å². The molecule has 4 heteroatoms. The van der Waals surface area contributed by atoms with Crippen LogP contribution in [0.5, 0.6) is 0 Å². The number of fused-ring (bicyclic) bond motifs is 1. The molecular weight excluding hydrogens is 274 g/mol. The fourth-order valence-electron chi connectivity index (χ4n) is 3.75. The molecule has 0 radical (unpaired) electrons. The summed E-state index contributed by atoms with van der Waals surface area (Å²) in [6.07, 6.45) is 1.99. The van der Waals surface area contributed by atoms with E-state index in [0.29, 0.717) is 0 Å². The lowest BCUT2D eigenvalue weighted by Crippen LogP contribution is -2.49. The van der Waals surface area contributed by atoms with Gasteiger partial charge < -0.3 is 15.3 Å². The Morgan fingerprint density at radius 2 is 2.00 bits per heavy atom. The predicted octanol–water partition coefficient (Wildman–Crippen LogP) is 1.79. The van der Waals surface area contributed by atoms with Crippen molar-refractivity contribution in [3.63, 3.8) is 0 Å². The van der Waals surface area contributed by atoms with Gasteiger partial charge in [0.1, 0.15) is 0 Å². The molecule has 3 rings (SSSR count). The molecule has 0 spiro atoms. The number of hydrogen-bond donors (Lipinski definition) is 2. The lowest BCUT2D eigenvalue weighted by Gasteiger charge is -2.36. The zero-order valence-corrected chi connectivity index (χ0v) is 13.9. The minimum Gasteiger partial charge on any atom is -0.387 e.